The first kappa shape index (κ1) is 21.4. The van der Waals surface area contributed by atoms with Crippen molar-refractivity contribution in [3.63, 3.8) is 0 Å². The van der Waals surface area contributed by atoms with Gasteiger partial charge in [-0.2, -0.15) is 0 Å². The standard InChI is InChI=1S/C22H21IN2O3S/c1-4-10-28-20-17(23)11-15(12-18(20)27-5-2)13-19-21(26)25-22(29-19)24-16-8-6-14(3)7-9-16/h4,6-9,11-13H,1,5,10H2,2-3H3,(H,24,25,26)/b19-13-. The van der Waals surface area contributed by atoms with Crippen LogP contribution in [0.4, 0.5) is 5.69 Å². The minimum atomic E-state index is -0.166. The zero-order valence-electron chi connectivity index (χ0n) is 16.2. The summed E-state index contributed by atoms with van der Waals surface area (Å²) < 4.78 is 12.4. The molecule has 0 radical (unpaired) electrons. The van der Waals surface area contributed by atoms with Gasteiger partial charge in [0.05, 0.1) is 20.8 Å². The predicted molar refractivity (Wildman–Crippen MR) is 128 cm³/mol. The van der Waals surface area contributed by atoms with Gasteiger partial charge in [-0.15, -0.1) is 0 Å². The first-order valence-corrected chi connectivity index (χ1v) is 11.0. The van der Waals surface area contributed by atoms with Crippen LogP contribution < -0.4 is 14.8 Å². The summed E-state index contributed by atoms with van der Waals surface area (Å²) in [5, 5.41) is 3.38. The van der Waals surface area contributed by atoms with Crippen LogP contribution >= 0.6 is 34.4 Å². The minimum absolute atomic E-state index is 0.166. The van der Waals surface area contributed by atoms with E-state index in [1.807, 2.05) is 56.3 Å². The number of halogens is 1. The lowest BCUT2D eigenvalue weighted by molar-refractivity contribution is -0.115. The van der Waals surface area contributed by atoms with Crippen LogP contribution in [0.15, 0.2) is 59.0 Å². The van der Waals surface area contributed by atoms with Crippen molar-refractivity contribution in [2.24, 2.45) is 4.99 Å². The highest BCUT2D eigenvalue weighted by molar-refractivity contribution is 14.1. The fourth-order valence-corrected chi connectivity index (χ4v) is 4.21. The van der Waals surface area contributed by atoms with E-state index in [2.05, 4.69) is 39.5 Å². The van der Waals surface area contributed by atoms with Crippen molar-refractivity contribution in [1.82, 2.24) is 5.32 Å². The van der Waals surface area contributed by atoms with Crippen LogP contribution in [-0.2, 0) is 4.79 Å². The summed E-state index contributed by atoms with van der Waals surface area (Å²) in [5.41, 5.74) is 2.83. The van der Waals surface area contributed by atoms with Crippen molar-refractivity contribution in [3.8, 4) is 11.5 Å². The summed E-state index contributed by atoms with van der Waals surface area (Å²) in [6.45, 7) is 8.54. The molecule has 150 valence electrons. The molecule has 0 saturated carbocycles. The summed E-state index contributed by atoms with van der Waals surface area (Å²) in [7, 11) is 0. The molecule has 1 aliphatic rings. The number of nitrogens with one attached hydrogen (secondary N) is 1. The molecule has 1 N–H and O–H groups in total. The summed E-state index contributed by atoms with van der Waals surface area (Å²) in [5.74, 6) is 1.16. The van der Waals surface area contributed by atoms with E-state index in [0.717, 1.165) is 20.4 Å². The molecule has 1 fully saturated rings. The fourth-order valence-electron chi connectivity index (χ4n) is 2.58. The van der Waals surface area contributed by atoms with Crippen molar-refractivity contribution >= 4 is 57.2 Å². The van der Waals surface area contributed by atoms with Crippen LogP contribution in [-0.4, -0.2) is 24.3 Å². The van der Waals surface area contributed by atoms with E-state index in [-0.39, 0.29) is 5.91 Å². The molecular weight excluding hydrogens is 499 g/mol. The number of aryl methyl sites for hydroxylation is 1. The number of carbonyl (C=O) groups excluding carboxylic acids is 1. The van der Waals surface area contributed by atoms with Gasteiger partial charge in [0, 0.05) is 0 Å². The monoisotopic (exact) mass is 520 g/mol. The maximum atomic E-state index is 12.4. The third-order valence-electron chi connectivity index (χ3n) is 3.89. The molecular formula is C22H21IN2O3S. The lowest BCUT2D eigenvalue weighted by atomic mass is 10.2. The predicted octanol–water partition coefficient (Wildman–Crippen LogP) is 5.45. The number of aliphatic imine (C=N–C) groups is 1. The first-order chi connectivity index (χ1) is 14.0. The largest absolute Gasteiger partial charge is 0.490 e. The van der Waals surface area contributed by atoms with E-state index >= 15 is 0 Å². The maximum Gasteiger partial charge on any atom is 0.264 e. The van der Waals surface area contributed by atoms with E-state index in [1.165, 1.54) is 11.8 Å². The molecule has 0 bridgehead atoms. The third kappa shape index (κ3) is 5.63. The molecule has 3 rings (SSSR count). The molecule has 0 atom stereocenters. The molecule has 29 heavy (non-hydrogen) atoms. The molecule has 0 unspecified atom stereocenters. The van der Waals surface area contributed by atoms with Gasteiger partial charge < -0.3 is 14.8 Å². The molecule has 0 aliphatic carbocycles. The van der Waals surface area contributed by atoms with Gasteiger partial charge in [0.25, 0.3) is 5.91 Å². The van der Waals surface area contributed by atoms with Gasteiger partial charge in [0.1, 0.15) is 6.61 Å². The van der Waals surface area contributed by atoms with Crippen molar-refractivity contribution < 1.29 is 14.3 Å². The highest BCUT2D eigenvalue weighted by atomic mass is 127. The lowest BCUT2D eigenvalue weighted by Gasteiger charge is -2.13. The number of hydrogen-bond acceptors (Lipinski definition) is 5. The van der Waals surface area contributed by atoms with Crippen LogP contribution in [0.3, 0.4) is 0 Å². The van der Waals surface area contributed by atoms with Gasteiger partial charge in [-0.3, -0.25) is 4.79 Å². The van der Waals surface area contributed by atoms with Crippen molar-refractivity contribution in [1.29, 1.82) is 0 Å². The van der Waals surface area contributed by atoms with Crippen LogP contribution in [0, 0.1) is 10.5 Å². The number of rotatable bonds is 7. The van der Waals surface area contributed by atoms with E-state index in [9.17, 15) is 4.79 Å². The Morgan fingerprint density at radius 1 is 1.24 bits per heavy atom. The summed E-state index contributed by atoms with van der Waals surface area (Å²) in [6.07, 6.45) is 3.52. The van der Waals surface area contributed by atoms with Crippen LogP contribution in [0.1, 0.15) is 18.1 Å². The highest BCUT2D eigenvalue weighted by Gasteiger charge is 2.24. The smallest absolute Gasteiger partial charge is 0.264 e. The number of carbonyl (C=O) groups is 1. The van der Waals surface area contributed by atoms with E-state index < -0.39 is 0 Å². The Morgan fingerprint density at radius 2 is 2.00 bits per heavy atom. The Balaban J connectivity index is 1.86. The normalized spacial score (nSPS) is 16.2. The Hall–Kier alpha value is -2.26. The van der Waals surface area contributed by atoms with Gasteiger partial charge in [0.2, 0.25) is 0 Å². The molecule has 2 aromatic carbocycles. The molecule has 1 amide bonds. The summed E-state index contributed by atoms with van der Waals surface area (Å²) in [4.78, 5) is 17.5. The second-order valence-corrected chi connectivity index (χ2v) is 8.37. The molecule has 0 aromatic heterocycles. The topological polar surface area (TPSA) is 59.9 Å². The Morgan fingerprint density at radius 3 is 2.69 bits per heavy atom. The Labute approximate surface area is 188 Å². The number of thioether (sulfide) groups is 1. The molecule has 1 aliphatic heterocycles. The Kier molecular flexibility index (Phi) is 7.38. The number of amidine groups is 1. The summed E-state index contributed by atoms with van der Waals surface area (Å²) >= 11 is 3.52. The zero-order valence-corrected chi connectivity index (χ0v) is 19.2. The number of ether oxygens (including phenoxy) is 2. The first-order valence-electron chi connectivity index (χ1n) is 9.06. The van der Waals surface area contributed by atoms with Gasteiger partial charge in [-0.1, -0.05) is 30.4 Å². The fraction of sp³-hybridized carbons (Fsp3) is 0.182. The van der Waals surface area contributed by atoms with Gasteiger partial charge in [-0.25, -0.2) is 4.99 Å². The zero-order chi connectivity index (χ0) is 20.8. The van der Waals surface area contributed by atoms with Crippen molar-refractivity contribution in [2.75, 3.05) is 13.2 Å². The van der Waals surface area contributed by atoms with E-state index in [1.54, 1.807) is 6.08 Å². The number of benzene rings is 2. The average molecular weight is 520 g/mol. The molecule has 1 heterocycles. The average Bonchev–Trinajstić information content (AvgIpc) is 3.02. The van der Waals surface area contributed by atoms with Crippen LogP contribution in [0.5, 0.6) is 11.5 Å². The lowest BCUT2D eigenvalue weighted by Crippen LogP contribution is -2.19. The van der Waals surface area contributed by atoms with Gasteiger partial charge in [-0.05, 0) is 84.1 Å². The van der Waals surface area contributed by atoms with Gasteiger partial charge >= 0.3 is 0 Å². The van der Waals surface area contributed by atoms with E-state index in [4.69, 9.17) is 9.47 Å². The number of nitrogens with zero attached hydrogens (tertiary/aromatic N) is 1. The van der Waals surface area contributed by atoms with E-state index in [0.29, 0.717) is 34.8 Å². The van der Waals surface area contributed by atoms with Gasteiger partial charge in [0.15, 0.2) is 16.7 Å². The van der Waals surface area contributed by atoms with Crippen LogP contribution in [0.25, 0.3) is 6.08 Å². The van der Waals surface area contributed by atoms with Crippen molar-refractivity contribution in [3.05, 3.63) is 68.7 Å². The molecule has 5 nitrogen and oxygen atoms in total. The quantitative estimate of drug-likeness (QED) is 0.300. The minimum Gasteiger partial charge on any atom is -0.490 e. The SMILES string of the molecule is C=CCOc1c(I)cc(/C=C2\SC(=Nc3ccc(C)cc3)NC2=O)cc1OCC. The number of hydrogen-bond donors (Lipinski definition) is 1. The maximum absolute atomic E-state index is 12.4. The third-order valence-corrected chi connectivity index (χ3v) is 5.60. The summed E-state index contributed by atoms with van der Waals surface area (Å²) in [6, 6.07) is 11.7. The molecule has 1 saturated heterocycles. The molecule has 0 spiro atoms. The second kappa shape index (κ2) is 9.98. The number of amides is 1. The van der Waals surface area contributed by atoms with Crippen LogP contribution in [0.2, 0.25) is 0 Å². The highest BCUT2D eigenvalue weighted by Crippen LogP contribution is 2.36. The Bertz CT molecular complexity index is 984. The van der Waals surface area contributed by atoms with Crippen molar-refractivity contribution in [2.45, 2.75) is 13.8 Å². The second-order valence-electron chi connectivity index (χ2n) is 6.18. The molecule has 2 aromatic rings. The molecule has 7 heteroatoms.